The fraction of sp³-hybridized carbons (Fsp3) is 0.375. The van der Waals surface area contributed by atoms with Crippen molar-refractivity contribution in [2.24, 2.45) is 0 Å². The Bertz CT molecular complexity index is 814. The molecule has 2 N–H and O–H groups in total. The molecule has 1 aliphatic heterocycles. The average molecular weight is 314 g/mol. The number of likely N-dealkylation sites (N-methyl/N-ethyl adjacent to an activating group) is 1. The average Bonchev–Trinajstić information content (AvgIpc) is 2.83. The summed E-state index contributed by atoms with van der Waals surface area (Å²) in [7, 11) is 1.72. The lowest BCUT2D eigenvalue weighted by atomic mass is 10.2. The molecule has 1 atom stereocenters. The van der Waals surface area contributed by atoms with Gasteiger partial charge in [0.1, 0.15) is 5.69 Å². The van der Waals surface area contributed by atoms with E-state index in [-0.39, 0.29) is 36.3 Å². The predicted octanol–water partition coefficient (Wildman–Crippen LogP) is 0.203. The minimum absolute atomic E-state index is 0.0305. The standard InChI is InChI=1S/C16H18N4O3/c1-20-9-10(8-15(20)22)17-14(21)7-6-13-16(23)19-12-5-3-2-4-11(12)18-13/h2-5,10H,6-9H2,1H3,(H,17,21)(H,19,23). The second-order valence-electron chi connectivity index (χ2n) is 5.77. The number of H-pyrrole nitrogens is 1. The third-order valence-electron chi connectivity index (χ3n) is 3.96. The van der Waals surface area contributed by atoms with Gasteiger partial charge < -0.3 is 15.2 Å². The van der Waals surface area contributed by atoms with Crippen molar-refractivity contribution >= 4 is 22.8 Å². The Hall–Kier alpha value is -2.70. The van der Waals surface area contributed by atoms with Crippen LogP contribution in [-0.2, 0) is 16.0 Å². The second kappa shape index (κ2) is 6.20. The van der Waals surface area contributed by atoms with Crippen molar-refractivity contribution in [1.29, 1.82) is 0 Å². The van der Waals surface area contributed by atoms with Crippen molar-refractivity contribution in [2.75, 3.05) is 13.6 Å². The molecular formula is C16H18N4O3. The number of aromatic amines is 1. The van der Waals surface area contributed by atoms with Gasteiger partial charge in [0.15, 0.2) is 0 Å². The van der Waals surface area contributed by atoms with E-state index in [0.717, 1.165) is 0 Å². The first-order valence-electron chi connectivity index (χ1n) is 7.54. The maximum atomic E-state index is 12.0. The van der Waals surface area contributed by atoms with E-state index in [9.17, 15) is 14.4 Å². The molecule has 1 fully saturated rings. The summed E-state index contributed by atoms with van der Waals surface area (Å²) < 4.78 is 0. The van der Waals surface area contributed by atoms with Crippen LogP contribution >= 0.6 is 0 Å². The van der Waals surface area contributed by atoms with Gasteiger partial charge in [-0.15, -0.1) is 0 Å². The molecule has 7 heteroatoms. The van der Waals surface area contributed by atoms with Crippen LogP contribution in [0, 0.1) is 0 Å². The van der Waals surface area contributed by atoms with Gasteiger partial charge in [0.05, 0.1) is 17.1 Å². The number of benzene rings is 1. The Kier molecular flexibility index (Phi) is 4.10. The molecule has 0 radical (unpaired) electrons. The van der Waals surface area contributed by atoms with Crippen LogP contribution < -0.4 is 10.9 Å². The van der Waals surface area contributed by atoms with Crippen molar-refractivity contribution in [3.05, 3.63) is 40.3 Å². The summed E-state index contributed by atoms with van der Waals surface area (Å²) in [5.74, 6) is -0.143. The van der Waals surface area contributed by atoms with Crippen molar-refractivity contribution in [1.82, 2.24) is 20.2 Å². The van der Waals surface area contributed by atoms with Gasteiger partial charge in [-0.3, -0.25) is 14.4 Å². The Morgan fingerprint density at radius 1 is 1.39 bits per heavy atom. The molecule has 1 aromatic carbocycles. The van der Waals surface area contributed by atoms with Gasteiger partial charge in [-0.2, -0.15) is 0 Å². The molecule has 2 aromatic rings. The first-order chi connectivity index (χ1) is 11.0. The monoisotopic (exact) mass is 314 g/mol. The molecule has 7 nitrogen and oxygen atoms in total. The zero-order valence-electron chi connectivity index (χ0n) is 12.8. The molecule has 1 aromatic heterocycles. The van der Waals surface area contributed by atoms with Crippen LogP contribution in [0.5, 0.6) is 0 Å². The van der Waals surface area contributed by atoms with Gasteiger partial charge in [0.2, 0.25) is 11.8 Å². The molecule has 0 aliphatic carbocycles. The molecule has 1 saturated heterocycles. The largest absolute Gasteiger partial charge is 0.351 e. The second-order valence-corrected chi connectivity index (χ2v) is 5.77. The molecule has 23 heavy (non-hydrogen) atoms. The third kappa shape index (κ3) is 3.39. The number of rotatable bonds is 4. The van der Waals surface area contributed by atoms with E-state index in [1.807, 2.05) is 18.2 Å². The number of fused-ring (bicyclic) bond motifs is 1. The summed E-state index contributed by atoms with van der Waals surface area (Å²) in [6, 6.07) is 7.12. The highest BCUT2D eigenvalue weighted by atomic mass is 16.2. The number of likely N-dealkylation sites (tertiary alicyclic amines) is 1. The molecule has 1 aliphatic rings. The van der Waals surface area contributed by atoms with E-state index in [2.05, 4.69) is 15.3 Å². The van der Waals surface area contributed by atoms with Crippen LogP contribution in [0.25, 0.3) is 11.0 Å². The number of hydrogen-bond acceptors (Lipinski definition) is 4. The summed E-state index contributed by atoms with van der Waals surface area (Å²) in [5, 5.41) is 2.83. The van der Waals surface area contributed by atoms with Crippen molar-refractivity contribution < 1.29 is 9.59 Å². The van der Waals surface area contributed by atoms with Gasteiger partial charge in [-0.25, -0.2) is 4.98 Å². The molecule has 2 heterocycles. The number of para-hydroxylation sites is 2. The first kappa shape index (κ1) is 15.2. The van der Waals surface area contributed by atoms with E-state index in [0.29, 0.717) is 29.7 Å². The van der Waals surface area contributed by atoms with Crippen LogP contribution in [0.4, 0.5) is 0 Å². The number of amides is 2. The Morgan fingerprint density at radius 3 is 2.91 bits per heavy atom. The smallest absolute Gasteiger partial charge is 0.270 e. The topological polar surface area (TPSA) is 95.2 Å². The molecule has 0 bridgehead atoms. The number of nitrogens with one attached hydrogen (secondary N) is 2. The maximum absolute atomic E-state index is 12.0. The van der Waals surface area contributed by atoms with E-state index in [1.165, 1.54) is 0 Å². The van der Waals surface area contributed by atoms with E-state index >= 15 is 0 Å². The molecule has 1 unspecified atom stereocenters. The number of carbonyl (C=O) groups is 2. The summed E-state index contributed by atoms with van der Waals surface area (Å²) >= 11 is 0. The van der Waals surface area contributed by atoms with Crippen LogP contribution in [-0.4, -0.2) is 46.3 Å². The maximum Gasteiger partial charge on any atom is 0.270 e. The molecule has 120 valence electrons. The normalized spacial score (nSPS) is 17.7. The van der Waals surface area contributed by atoms with Crippen molar-refractivity contribution in [2.45, 2.75) is 25.3 Å². The zero-order valence-corrected chi connectivity index (χ0v) is 12.8. The predicted molar refractivity (Wildman–Crippen MR) is 84.9 cm³/mol. The van der Waals surface area contributed by atoms with Gasteiger partial charge >= 0.3 is 0 Å². The minimum Gasteiger partial charge on any atom is -0.351 e. The molecule has 2 amide bonds. The highest BCUT2D eigenvalue weighted by molar-refractivity contribution is 5.82. The number of nitrogens with zero attached hydrogens (tertiary/aromatic N) is 2. The summed E-state index contributed by atoms with van der Waals surface area (Å²) in [6.45, 7) is 0.527. The summed E-state index contributed by atoms with van der Waals surface area (Å²) in [4.78, 5) is 44.1. The highest BCUT2D eigenvalue weighted by Crippen LogP contribution is 2.09. The van der Waals surface area contributed by atoms with E-state index < -0.39 is 0 Å². The zero-order chi connectivity index (χ0) is 16.4. The number of carbonyl (C=O) groups excluding carboxylic acids is 2. The first-order valence-corrected chi connectivity index (χ1v) is 7.54. The molecular weight excluding hydrogens is 296 g/mol. The molecule has 0 spiro atoms. The van der Waals surface area contributed by atoms with E-state index in [4.69, 9.17) is 0 Å². The molecule has 0 saturated carbocycles. The fourth-order valence-corrected chi connectivity index (χ4v) is 2.73. The van der Waals surface area contributed by atoms with Crippen LogP contribution in [0.15, 0.2) is 29.1 Å². The Morgan fingerprint density at radius 2 is 2.17 bits per heavy atom. The van der Waals surface area contributed by atoms with Gasteiger partial charge in [0, 0.05) is 32.9 Å². The Balaban J connectivity index is 1.62. The van der Waals surface area contributed by atoms with Crippen LogP contribution in [0.3, 0.4) is 0 Å². The Labute approximate surface area is 132 Å². The minimum atomic E-state index is -0.271. The summed E-state index contributed by atoms with van der Waals surface area (Å²) in [6.07, 6.45) is 0.766. The van der Waals surface area contributed by atoms with E-state index in [1.54, 1.807) is 18.0 Å². The van der Waals surface area contributed by atoms with Gasteiger partial charge in [-0.1, -0.05) is 12.1 Å². The SMILES string of the molecule is CN1CC(NC(=O)CCc2nc3ccccc3[nH]c2=O)CC1=O. The van der Waals surface area contributed by atoms with Gasteiger partial charge in [0.25, 0.3) is 5.56 Å². The number of aromatic nitrogens is 2. The van der Waals surface area contributed by atoms with Crippen LogP contribution in [0.2, 0.25) is 0 Å². The van der Waals surface area contributed by atoms with Gasteiger partial charge in [-0.05, 0) is 12.1 Å². The lowest BCUT2D eigenvalue weighted by Gasteiger charge is -2.12. The third-order valence-corrected chi connectivity index (χ3v) is 3.96. The van der Waals surface area contributed by atoms with Crippen molar-refractivity contribution in [3.63, 3.8) is 0 Å². The quantitative estimate of drug-likeness (QED) is 0.843. The fourth-order valence-electron chi connectivity index (χ4n) is 2.73. The highest BCUT2D eigenvalue weighted by Gasteiger charge is 2.27. The van der Waals surface area contributed by atoms with Crippen molar-refractivity contribution in [3.8, 4) is 0 Å². The number of hydrogen-bond donors (Lipinski definition) is 2. The lowest BCUT2D eigenvalue weighted by Crippen LogP contribution is -2.36. The number of aryl methyl sites for hydroxylation is 1. The molecule has 3 rings (SSSR count). The summed E-state index contributed by atoms with van der Waals surface area (Å²) in [5.41, 5.74) is 1.45. The van der Waals surface area contributed by atoms with Crippen LogP contribution in [0.1, 0.15) is 18.5 Å². The lowest BCUT2D eigenvalue weighted by molar-refractivity contribution is -0.126.